The van der Waals surface area contributed by atoms with Crippen LogP contribution in [0.25, 0.3) is 0 Å². The Labute approximate surface area is 185 Å². The number of halogens is 4. The molecule has 0 aliphatic rings. The van der Waals surface area contributed by atoms with Gasteiger partial charge in [0.05, 0.1) is 22.0 Å². The fourth-order valence-corrected chi connectivity index (χ4v) is 3.46. The summed E-state index contributed by atoms with van der Waals surface area (Å²) in [6.07, 6.45) is -4.53. The van der Waals surface area contributed by atoms with Gasteiger partial charge in [-0.05, 0) is 42.8 Å². The van der Waals surface area contributed by atoms with Gasteiger partial charge in [0.25, 0.3) is 0 Å². The molecule has 0 saturated heterocycles. The summed E-state index contributed by atoms with van der Waals surface area (Å²) in [4.78, 5) is 12.2. The van der Waals surface area contributed by atoms with Crippen molar-refractivity contribution >= 4 is 35.0 Å². The average molecular weight is 471 g/mol. The molecule has 0 aliphatic carbocycles. The summed E-state index contributed by atoms with van der Waals surface area (Å²) in [5.41, 5.74) is 0.0669. The van der Waals surface area contributed by atoms with Crippen LogP contribution in [0.5, 0.6) is 5.75 Å². The molecule has 164 valence electrons. The number of amides is 1. The largest absolute Gasteiger partial charge is 0.486 e. The van der Waals surface area contributed by atoms with Gasteiger partial charge in [0.1, 0.15) is 12.4 Å². The molecular weight excluding hydrogens is 453 g/mol. The van der Waals surface area contributed by atoms with E-state index >= 15 is 0 Å². The van der Waals surface area contributed by atoms with Gasteiger partial charge in [-0.2, -0.15) is 13.2 Å². The predicted octanol–water partition coefficient (Wildman–Crippen LogP) is 5.11. The van der Waals surface area contributed by atoms with E-state index in [2.05, 4.69) is 15.5 Å². The molecule has 11 heteroatoms. The van der Waals surface area contributed by atoms with Crippen LogP contribution in [0.2, 0.25) is 5.02 Å². The Hall–Kier alpha value is -2.72. The Kier molecular flexibility index (Phi) is 7.11. The second-order valence-electron chi connectivity index (χ2n) is 6.59. The molecule has 0 saturated carbocycles. The van der Waals surface area contributed by atoms with Crippen LogP contribution >= 0.6 is 23.4 Å². The first-order valence-electron chi connectivity index (χ1n) is 9.00. The maximum Gasteiger partial charge on any atom is 0.416 e. The highest BCUT2D eigenvalue weighted by atomic mass is 35.5. The summed E-state index contributed by atoms with van der Waals surface area (Å²) in [6.45, 7) is 2.15. The first-order valence-corrected chi connectivity index (χ1v) is 10.4. The molecule has 0 radical (unpaired) electrons. The van der Waals surface area contributed by atoms with Crippen LogP contribution in [-0.4, -0.2) is 26.4 Å². The zero-order valence-electron chi connectivity index (χ0n) is 16.5. The minimum atomic E-state index is -4.53. The molecule has 6 nitrogen and oxygen atoms in total. The molecule has 0 spiro atoms. The van der Waals surface area contributed by atoms with Crippen molar-refractivity contribution in [1.82, 2.24) is 14.8 Å². The second-order valence-corrected chi connectivity index (χ2v) is 7.94. The summed E-state index contributed by atoms with van der Waals surface area (Å²) in [6, 6.07) is 10.3. The van der Waals surface area contributed by atoms with Crippen molar-refractivity contribution in [1.29, 1.82) is 0 Å². The summed E-state index contributed by atoms with van der Waals surface area (Å²) in [7, 11) is 1.73. The molecule has 2 aromatic carbocycles. The lowest BCUT2D eigenvalue weighted by Crippen LogP contribution is -2.16. The number of thioether (sulfide) groups is 1. The lowest BCUT2D eigenvalue weighted by atomic mass is 10.2. The number of nitrogens with one attached hydrogen (secondary N) is 1. The van der Waals surface area contributed by atoms with Crippen LogP contribution in [0, 0.1) is 6.92 Å². The quantitative estimate of drug-likeness (QED) is 0.486. The number of benzene rings is 2. The van der Waals surface area contributed by atoms with Crippen molar-refractivity contribution < 1.29 is 22.7 Å². The van der Waals surface area contributed by atoms with Crippen molar-refractivity contribution in [2.24, 2.45) is 7.05 Å². The van der Waals surface area contributed by atoms with Gasteiger partial charge in [0, 0.05) is 7.05 Å². The molecule has 0 aliphatic heterocycles. The highest BCUT2D eigenvalue weighted by molar-refractivity contribution is 7.99. The van der Waals surface area contributed by atoms with E-state index in [9.17, 15) is 18.0 Å². The lowest BCUT2D eigenvalue weighted by Gasteiger charge is -2.11. The Bertz CT molecular complexity index is 1090. The second kappa shape index (κ2) is 9.61. The van der Waals surface area contributed by atoms with Gasteiger partial charge < -0.3 is 14.6 Å². The van der Waals surface area contributed by atoms with E-state index in [1.165, 1.54) is 0 Å². The third-order valence-electron chi connectivity index (χ3n) is 4.18. The zero-order valence-corrected chi connectivity index (χ0v) is 18.1. The van der Waals surface area contributed by atoms with Crippen LogP contribution < -0.4 is 10.1 Å². The zero-order chi connectivity index (χ0) is 22.6. The van der Waals surface area contributed by atoms with Crippen LogP contribution in [0.3, 0.4) is 0 Å². The van der Waals surface area contributed by atoms with Gasteiger partial charge in [-0.3, -0.25) is 4.79 Å². The predicted molar refractivity (Wildman–Crippen MR) is 112 cm³/mol. The summed E-state index contributed by atoms with van der Waals surface area (Å²) < 4.78 is 46.0. The lowest BCUT2D eigenvalue weighted by molar-refractivity contribution is -0.137. The Balaban J connectivity index is 1.57. The smallest absolute Gasteiger partial charge is 0.416 e. The molecule has 0 bridgehead atoms. The highest BCUT2D eigenvalue weighted by Crippen LogP contribution is 2.34. The number of carbonyl (C=O) groups excluding carboxylic acids is 1. The number of nitrogens with zero attached hydrogens (tertiary/aromatic N) is 3. The van der Waals surface area contributed by atoms with E-state index in [1.54, 1.807) is 11.6 Å². The van der Waals surface area contributed by atoms with Crippen molar-refractivity contribution in [2.45, 2.75) is 24.9 Å². The van der Waals surface area contributed by atoms with E-state index in [0.29, 0.717) is 16.7 Å². The van der Waals surface area contributed by atoms with Crippen LogP contribution in [0.4, 0.5) is 18.9 Å². The standard InChI is InChI=1S/C20H18ClF3N4O2S/c1-12-4-3-5-14(8-12)30-10-17-26-27-19(28(17)2)31-11-18(29)25-16-9-13(20(22,23)24)6-7-15(16)21/h3-9H,10-11H2,1-2H3,(H,25,29). The molecular formula is C20H18ClF3N4O2S. The number of rotatable bonds is 7. The van der Waals surface area contributed by atoms with Gasteiger partial charge in [-0.1, -0.05) is 35.5 Å². The van der Waals surface area contributed by atoms with E-state index < -0.39 is 17.6 Å². The molecule has 0 unspecified atom stereocenters. The fraction of sp³-hybridized carbons (Fsp3) is 0.250. The monoisotopic (exact) mass is 470 g/mol. The van der Waals surface area contributed by atoms with Gasteiger partial charge >= 0.3 is 6.18 Å². The highest BCUT2D eigenvalue weighted by Gasteiger charge is 2.31. The van der Waals surface area contributed by atoms with Crippen LogP contribution in [0.15, 0.2) is 47.6 Å². The number of hydrogen-bond acceptors (Lipinski definition) is 5. The molecule has 3 aromatic rings. The minimum absolute atomic E-state index is 0.0144. The number of hydrogen-bond donors (Lipinski definition) is 1. The minimum Gasteiger partial charge on any atom is -0.486 e. The molecule has 1 heterocycles. The molecule has 31 heavy (non-hydrogen) atoms. The number of anilines is 1. The summed E-state index contributed by atoms with van der Waals surface area (Å²) in [5, 5.41) is 11.0. The van der Waals surface area contributed by atoms with E-state index in [0.717, 1.165) is 35.5 Å². The number of aromatic nitrogens is 3. The molecule has 1 N–H and O–H groups in total. The Morgan fingerprint density at radius 1 is 1.23 bits per heavy atom. The van der Waals surface area contributed by atoms with Gasteiger partial charge in [-0.15, -0.1) is 10.2 Å². The third kappa shape index (κ3) is 6.14. The molecule has 0 fully saturated rings. The Morgan fingerprint density at radius 2 is 2.00 bits per heavy atom. The first kappa shape index (κ1) is 23.0. The third-order valence-corrected chi connectivity index (χ3v) is 5.53. The van der Waals surface area contributed by atoms with Crippen molar-refractivity contribution in [3.05, 3.63) is 64.4 Å². The molecule has 1 amide bonds. The average Bonchev–Trinajstić information content (AvgIpc) is 3.05. The van der Waals surface area contributed by atoms with Gasteiger partial charge in [0.2, 0.25) is 5.91 Å². The number of aryl methyl sites for hydroxylation is 1. The molecule has 0 atom stereocenters. The van der Waals surface area contributed by atoms with E-state index in [4.69, 9.17) is 16.3 Å². The molecule has 1 aromatic heterocycles. The van der Waals surface area contributed by atoms with Gasteiger partial charge in [0.15, 0.2) is 11.0 Å². The van der Waals surface area contributed by atoms with Crippen molar-refractivity contribution in [3.8, 4) is 5.75 Å². The normalized spacial score (nSPS) is 11.4. The maximum atomic E-state index is 12.9. The first-order chi connectivity index (χ1) is 14.6. The van der Waals surface area contributed by atoms with Gasteiger partial charge in [-0.25, -0.2) is 0 Å². The SMILES string of the molecule is Cc1cccc(OCc2nnc(SCC(=O)Nc3cc(C(F)(F)F)ccc3Cl)n2C)c1. The number of alkyl halides is 3. The number of carbonyl (C=O) groups is 1. The van der Waals surface area contributed by atoms with Crippen molar-refractivity contribution in [2.75, 3.05) is 11.1 Å². The molecule has 3 rings (SSSR count). The number of ether oxygens (including phenoxy) is 1. The Morgan fingerprint density at radius 3 is 2.71 bits per heavy atom. The van der Waals surface area contributed by atoms with Crippen molar-refractivity contribution in [3.63, 3.8) is 0 Å². The van der Waals surface area contributed by atoms with E-state index in [1.807, 2.05) is 31.2 Å². The van der Waals surface area contributed by atoms with Crippen LogP contribution in [-0.2, 0) is 24.6 Å². The fourth-order valence-electron chi connectivity index (χ4n) is 2.56. The maximum absolute atomic E-state index is 12.9. The van der Waals surface area contributed by atoms with Crippen LogP contribution in [0.1, 0.15) is 17.0 Å². The summed E-state index contributed by atoms with van der Waals surface area (Å²) >= 11 is 6.99. The summed E-state index contributed by atoms with van der Waals surface area (Å²) in [5.74, 6) is 0.656. The topological polar surface area (TPSA) is 69.0 Å². The van der Waals surface area contributed by atoms with E-state index in [-0.39, 0.29) is 23.1 Å².